The van der Waals surface area contributed by atoms with Crippen LogP contribution in [0.3, 0.4) is 0 Å². The van der Waals surface area contributed by atoms with Crippen molar-refractivity contribution in [3.05, 3.63) is 29.8 Å². The Kier molecular flexibility index (Phi) is 5.16. The third-order valence-electron chi connectivity index (χ3n) is 3.09. The van der Waals surface area contributed by atoms with Crippen molar-refractivity contribution >= 4 is 11.6 Å². The number of benzene rings is 1. The first-order chi connectivity index (χ1) is 8.40. The zero-order chi connectivity index (χ0) is 13.7. The van der Waals surface area contributed by atoms with E-state index in [0.717, 1.165) is 12.2 Å². The molecule has 1 unspecified atom stereocenters. The Balaban J connectivity index is 2.68. The summed E-state index contributed by atoms with van der Waals surface area (Å²) in [7, 11) is 0. The molecule has 4 N–H and O–H groups in total. The number of anilines is 1. The van der Waals surface area contributed by atoms with Crippen LogP contribution in [0, 0.1) is 5.92 Å². The Morgan fingerprint density at radius 1 is 1.22 bits per heavy atom. The molecule has 0 aliphatic carbocycles. The molecule has 1 amide bonds. The van der Waals surface area contributed by atoms with E-state index in [1.807, 2.05) is 31.2 Å². The molecular weight excluding hydrogens is 226 g/mol. The molecular formula is C14H23N3O. The molecule has 0 bridgehead atoms. The largest absolute Gasteiger partial charge is 0.399 e. The highest BCUT2D eigenvalue weighted by molar-refractivity contribution is 5.76. The van der Waals surface area contributed by atoms with Gasteiger partial charge in [0.1, 0.15) is 0 Å². The Morgan fingerprint density at radius 2 is 1.78 bits per heavy atom. The molecule has 1 aromatic rings. The Bertz CT molecular complexity index is 387. The van der Waals surface area contributed by atoms with Crippen LogP contribution in [-0.4, -0.2) is 23.4 Å². The second kappa shape index (κ2) is 6.40. The molecule has 0 aliphatic heterocycles. The van der Waals surface area contributed by atoms with Crippen molar-refractivity contribution in [2.45, 2.75) is 33.4 Å². The number of amides is 1. The van der Waals surface area contributed by atoms with Crippen LogP contribution in [0.4, 0.5) is 5.69 Å². The topological polar surface area (TPSA) is 72.3 Å². The average molecular weight is 249 g/mol. The molecule has 0 saturated heterocycles. The fourth-order valence-corrected chi connectivity index (χ4v) is 1.76. The molecule has 18 heavy (non-hydrogen) atoms. The lowest BCUT2D eigenvalue weighted by Crippen LogP contribution is -2.38. The monoisotopic (exact) mass is 249 g/mol. The number of hydrogen-bond donors (Lipinski definition) is 2. The van der Waals surface area contributed by atoms with E-state index < -0.39 is 0 Å². The van der Waals surface area contributed by atoms with Gasteiger partial charge in [0.15, 0.2) is 0 Å². The van der Waals surface area contributed by atoms with Gasteiger partial charge in [-0.25, -0.2) is 0 Å². The molecule has 0 spiro atoms. The number of nitrogens with two attached hydrogens (primary N) is 2. The summed E-state index contributed by atoms with van der Waals surface area (Å²) < 4.78 is 0. The summed E-state index contributed by atoms with van der Waals surface area (Å²) in [6.45, 7) is 7.57. The zero-order valence-corrected chi connectivity index (χ0v) is 11.4. The lowest BCUT2D eigenvalue weighted by Gasteiger charge is -2.28. The lowest BCUT2D eigenvalue weighted by atomic mass is 10.1. The highest BCUT2D eigenvalue weighted by Gasteiger charge is 2.17. The molecule has 1 atom stereocenters. The third kappa shape index (κ3) is 4.37. The van der Waals surface area contributed by atoms with Gasteiger partial charge in [0.05, 0.1) is 0 Å². The van der Waals surface area contributed by atoms with E-state index >= 15 is 0 Å². The van der Waals surface area contributed by atoms with Crippen molar-refractivity contribution < 1.29 is 4.79 Å². The van der Waals surface area contributed by atoms with E-state index in [-0.39, 0.29) is 11.8 Å². The minimum atomic E-state index is -0.252. The maximum atomic E-state index is 11.1. The first-order valence-corrected chi connectivity index (χ1v) is 6.28. The van der Waals surface area contributed by atoms with Gasteiger partial charge in [-0.3, -0.25) is 9.69 Å². The van der Waals surface area contributed by atoms with Gasteiger partial charge in [-0.05, 0) is 31.5 Å². The summed E-state index contributed by atoms with van der Waals surface area (Å²) in [6.07, 6.45) is 0. The molecule has 0 saturated carbocycles. The standard InChI is InChI=1S/C14H23N3O/c1-10(2)17(8-11(3)14(16)18)9-12-4-6-13(15)7-5-12/h4-7,10-11H,8-9,15H2,1-3H3,(H2,16,18). The van der Waals surface area contributed by atoms with Crippen LogP contribution >= 0.6 is 0 Å². The number of primary amides is 1. The second-order valence-electron chi connectivity index (χ2n) is 5.07. The van der Waals surface area contributed by atoms with Crippen LogP contribution in [0.2, 0.25) is 0 Å². The number of carbonyl (C=O) groups is 1. The first-order valence-electron chi connectivity index (χ1n) is 6.28. The van der Waals surface area contributed by atoms with Crippen LogP contribution in [0.15, 0.2) is 24.3 Å². The van der Waals surface area contributed by atoms with Crippen LogP contribution in [0.1, 0.15) is 26.3 Å². The molecule has 4 heteroatoms. The highest BCUT2D eigenvalue weighted by Crippen LogP contribution is 2.12. The first kappa shape index (κ1) is 14.5. The predicted molar refractivity (Wildman–Crippen MR) is 74.8 cm³/mol. The van der Waals surface area contributed by atoms with Crippen LogP contribution < -0.4 is 11.5 Å². The molecule has 0 aromatic heterocycles. The van der Waals surface area contributed by atoms with Crippen LogP contribution in [0.25, 0.3) is 0 Å². The number of rotatable bonds is 6. The molecule has 4 nitrogen and oxygen atoms in total. The van der Waals surface area contributed by atoms with E-state index in [1.165, 1.54) is 5.56 Å². The Labute approximate surface area is 109 Å². The SMILES string of the molecule is CC(CN(Cc1ccc(N)cc1)C(C)C)C(N)=O. The minimum absolute atomic E-state index is 0.138. The fourth-order valence-electron chi connectivity index (χ4n) is 1.76. The lowest BCUT2D eigenvalue weighted by molar-refractivity contribution is -0.122. The number of nitrogen functional groups attached to an aromatic ring is 1. The van der Waals surface area contributed by atoms with Gasteiger partial charge in [0.25, 0.3) is 0 Å². The summed E-state index contributed by atoms with van der Waals surface area (Å²) in [5, 5.41) is 0. The second-order valence-corrected chi connectivity index (χ2v) is 5.07. The van der Waals surface area contributed by atoms with Gasteiger partial charge in [-0.2, -0.15) is 0 Å². The summed E-state index contributed by atoms with van der Waals surface area (Å²) in [6, 6.07) is 8.18. The molecule has 0 heterocycles. The van der Waals surface area contributed by atoms with Gasteiger partial charge >= 0.3 is 0 Å². The average Bonchev–Trinajstić information content (AvgIpc) is 2.30. The maximum absolute atomic E-state index is 11.1. The Hall–Kier alpha value is -1.55. The van der Waals surface area contributed by atoms with Gasteiger partial charge in [0.2, 0.25) is 5.91 Å². The summed E-state index contributed by atoms with van der Waals surface area (Å²) in [4.78, 5) is 13.4. The van der Waals surface area contributed by atoms with Gasteiger partial charge in [-0.1, -0.05) is 19.1 Å². The third-order valence-corrected chi connectivity index (χ3v) is 3.09. The molecule has 0 fully saturated rings. The number of carbonyl (C=O) groups excluding carboxylic acids is 1. The summed E-state index contributed by atoms with van der Waals surface area (Å²) >= 11 is 0. The van der Waals surface area contributed by atoms with Crippen molar-refractivity contribution in [1.82, 2.24) is 4.90 Å². The maximum Gasteiger partial charge on any atom is 0.221 e. The fraction of sp³-hybridized carbons (Fsp3) is 0.500. The smallest absolute Gasteiger partial charge is 0.221 e. The van der Waals surface area contributed by atoms with Crippen molar-refractivity contribution in [1.29, 1.82) is 0 Å². The van der Waals surface area contributed by atoms with E-state index in [9.17, 15) is 4.79 Å². The molecule has 0 radical (unpaired) electrons. The molecule has 1 aromatic carbocycles. The van der Waals surface area contributed by atoms with Gasteiger partial charge < -0.3 is 11.5 Å². The van der Waals surface area contributed by atoms with Gasteiger partial charge in [0, 0.05) is 30.7 Å². The number of hydrogen-bond acceptors (Lipinski definition) is 3. The van der Waals surface area contributed by atoms with E-state index in [1.54, 1.807) is 0 Å². The van der Waals surface area contributed by atoms with E-state index in [2.05, 4.69) is 18.7 Å². The number of nitrogens with zero attached hydrogens (tertiary/aromatic N) is 1. The highest BCUT2D eigenvalue weighted by atomic mass is 16.1. The molecule has 100 valence electrons. The minimum Gasteiger partial charge on any atom is -0.399 e. The zero-order valence-electron chi connectivity index (χ0n) is 11.4. The Morgan fingerprint density at radius 3 is 2.22 bits per heavy atom. The van der Waals surface area contributed by atoms with Gasteiger partial charge in [-0.15, -0.1) is 0 Å². The van der Waals surface area contributed by atoms with Crippen LogP contribution in [-0.2, 0) is 11.3 Å². The quantitative estimate of drug-likeness (QED) is 0.752. The summed E-state index contributed by atoms with van der Waals surface area (Å²) in [5.41, 5.74) is 12.9. The van der Waals surface area contributed by atoms with E-state index in [0.29, 0.717) is 12.6 Å². The molecule has 1 rings (SSSR count). The van der Waals surface area contributed by atoms with Crippen LogP contribution in [0.5, 0.6) is 0 Å². The van der Waals surface area contributed by atoms with Crippen molar-refractivity contribution in [3.8, 4) is 0 Å². The summed E-state index contributed by atoms with van der Waals surface area (Å²) in [5.74, 6) is -0.390. The predicted octanol–water partition coefficient (Wildman–Crippen LogP) is 1.60. The van der Waals surface area contributed by atoms with Crippen molar-refractivity contribution in [2.24, 2.45) is 11.7 Å². The normalized spacial score (nSPS) is 12.9. The van der Waals surface area contributed by atoms with Crippen molar-refractivity contribution in [3.63, 3.8) is 0 Å². The van der Waals surface area contributed by atoms with Crippen molar-refractivity contribution in [2.75, 3.05) is 12.3 Å². The van der Waals surface area contributed by atoms with E-state index in [4.69, 9.17) is 11.5 Å². The molecule has 0 aliphatic rings.